The van der Waals surface area contributed by atoms with E-state index in [-0.39, 0.29) is 5.91 Å². The average Bonchev–Trinajstić information content (AvgIpc) is 2.69. The van der Waals surface area contributed by atoms with Crippen molar-refractivity contribution in [2.45, 2.75) is 33.7 Å². The van der Waals surface area contributed by atoms with E-state index in [0.717, 1.165) is 28.2 Å². The number of aryl methyl sites for hydroxylation is 1. The molecule has 2 aromatic rings. The third kappa shape index (κ3) is 4.30. The number of anilines is 1. The van der Waals surface area contributed by atoms with Crippen molar-refractivity contribution < 1.29 is 4.79 Å². The Morgan fingerprint density at radius 1 is 0.926 bits per heavy atom. The fourth-order valence-electron chi connectivity index (χ4n) is 3.25. The number of hydrogen-bond acceptors (Lipinski definition) is 3. The monoisotopic (exact) mass is 366 g/mol. The van der Waals surface area contributed by atoms with E-state index in [1.54, 1.807) is 14.1 Å². The number of aliphatic imine (C=N–C) groups is 1. The van der Waals surface area contributed by atoms with Crippen molar-refractivity contribution in [3.05, 3.63) is 63.7 Å². The molecule has 0 saturated carbocycles. The van der Waals surface area contributed by atoms with Gasteiger partial charge in [-0.05, 0) is 79.8 Å². The minimum Gasteiger partial charge on any atom is -0.373 e. The SMILES string of the molecule is CN=C(NC)c1ccc(NC(C(=O)NC)c2cc(C)c(C)c(C)c2C)cc1. The molecule has 1 unspecified atom stereocenters. The Morgan fingerprint density at radius 3 is 2.07 bits per heavy atom. The van der Waals surface area contributed by atoms with Gasteiger partial charge in [-0.1, -0.05) is 6.07 Å². The van der Waals surface area contributed by atoms with Crippen LogP contribution in [0, 0.1) is 27.7 Å². The molecule has 0 aliphatic carbocycles. The zero-order chi connectivity index (χ0) is 20.1. The van der Waals surface area contributed by atoms with E-state index in [1.807, 2.05) is 31.3 Å². The Labute approximate surface area is 162 Å². The van der Waals surface area contributed by atoms with Gasteiger partial charge in [0.05, 0.1) is 0 Å². The predicted molar refractivity (Wildman–Crippen MR) is 114 cm³/mol. The van der Waals surface area contributed by atoms with Crippen LogP contribution in [0.3, 0.4) is 0 Å². The van der Waals surface area contributed by atoms with E-state index in [2.05, 4.69) is 54.7 Å². The fourth-order valence-corrected chi connectivity index (χ4v) is 3.25. The Morgan fingerprint density at radius 2 is 1.56 bits per heavy atom. The summed E-state index contributed by atoms with van der Waals surface area (Å²) in [5.41, 5.74) is 7.73. The highest BCUT2D eigenvalue weighted by molar-refractivity contribution is 5.98. The second kappa shape index (κ2) is 8.71. The molecule has 1 amide bonds. The molecule has 0 heterocycles. The number of likely N-dealkylation sites (N-methyl/N-ethyl adjacent to an activating group) is 1. The number of amidine groups is 1. The van der Waals surface area contributed by atoms with Crippen molar-refractivity contribution in [1.82, 2.24) is 10.6 Å². The van der Waals surface area contributed by atoms with Crippen molar-refractivity contribution >= 4 is 17.4 Å². The van der Waals surface area contributed by atoms with Crippen molar-refractivity contribution in [3.63, 3.8) is 0 Å². The summed E-state index contributed by atoms with van der Waals surface area (Å²) in [4.78, 5) is 16.9. The van der Waals surface area contributed by atoms with E-state index in [9.17, 15) is 4.79 Å². The van der Waals surface area contributed by atoms with Crippen molar-refractivity contribution in [2.75, 3.05) is 26.5 Å². The van der Waals surface area contributed by atoms with Crippen molar-refractivity contribution in [2.24, 2.45) is 4.99 Å². The average molecular weight is 367 g/mol. The Hall–Kier alpha value is -2.82. The molecule has 1 atom stereocenters. The fraction of sp³-hybridized carbons (Fsp3) is 0.364. The number of rotatable bonds is 5. The summed E-state index contributed by atoms with van der Waals surface area (Å²) in [7, 11) is 5.27. The third-order valence-electron chi connectivity index (χ3n) is 5.27. The van der Waals surface area contributed by atoms with Crippen LogP contribution in [0.1, 0.15) is 39.4 Å². The lowest BCUT2D eigenvalue weighted by Gasteiger charge is -2.23. The number of nitrogens with zero attached hydrogens (tertiary/aromatic N) is 1. The van der Waals surface area contributed by atoms with Gasteiger partial charge >= 0.3 is 0 Å². The summed E-state index contributed by atoms with van der Waals surface area (Å²) in [6, 6.07) is 9.57. The van der Waals surface area contributed by atoms with E-state index in [4.69, 9.17) is 0 Å². The van der Waals surface area contributed by atoms with Crippen LogP contribution in [0.5, 0.6) is 0 Å². The molecule has 144 valence electrons. The predicted octanol–water partition coefficient (Wildman–Crippen LogP) is 3.42. The second-order valence-electron chi connectivity index (χ2n) is 6.75. The number of amides is 1. The normalized spacial score (nSPS) is 12.5. The molecule has 0 spiro atoms. The van der Waals surface area contributed by atoms with Crippen LogP contribution in [0.25, 0.3) is 0 Å². The van der Waals surface area contributed by atoms with Gasteiger partial charge in [-0.15, -0.1) is 0 Å². The highest BCUT2D eigenvalue weighted by atomic mass is 16.2. The number of hydrogen-bond donors (Lipinski definition) is 3. The quantitative estimate of drug-likeness (QED) is 0.561. The first-order valence-corrected chi connectivity index (χ1v) is 9.14. The van der Waals surface area contributed by atoms with Crippen LogP contribution in [0.2, 0.25) is 0 Å². The molecule has 0 aliphatic rings. The van der Waals surface area contributed by atoms with Gasteiger partial charge in [0.25, 0.3) is 0 Å². The molecule has 2 aromatic carbocycles. The summed E-state index contributed by atoms with van der Waals surface area (Å²) in [6.45, 7) is 8.40. The molecule has 27 heavy (non-hydrogen) atoms. The molecule has 0 saturated heterocycles. The number of carbonyl (C=O) groups is 1. The van der Waals surface area contributed by atoms with Gasteiger partial charge < -0.3 is 16.0 Å². The van der Waals surface area contributed by atoms with Crippen LogP contribution in [-0.4, -0.2) is 32.9 Å². The molecule has 3 N–H and O–H groups in total. The summed E-state index contributed by atoms with van der Waals surface area (Å²) in [6.07, 6.45) is 0. The molecule has 0 bridgehead atoms. The maximum absolute atomic E-state index is 12.6. The number of carbonyl (C=O) groups excluding carboxylic acids is 1. The van der Waals surface area contributed by atoms with Crippen molar-refractivity contribution in [1.29, 1.82) is 0 Å². The molecule has 2 rings (SSSR count). The smallest absolute Gasteiger partial charge is 0.246 e. The zero-order valence-corrected chi connectivity index (χ0v) is 17.3. The minimum absolute atomic E-state index is 0.0594. The maximum atomic E-state index is 12.6. The second-order valence-corrected chi connectivity index (χ2v) is 6.75. The summed E-state index contributed by atoms with van der Waals surface area (Å²) in [5, 5.41) is 9.24. The van der Waals surface area contributed by atoms with Crippen LogP contribution < -0.4 is 16.0 Å². The lowest BCUT2D eigenvalue weighted by atomic mass is 9.90. The van der Waals surface area contributed by atoms with Gasteiger partial charge in [-0.3, -0.25) is 9.79 Å². The number of nitrogens with one attached hydrogen (secondary N) is 3. The van der Waals surface area contributed by atoms with Gasteiger partial charge in [0.1, 0.15) is 11.9 Å². The summed E-state index contributed by atoms with van der Waals surface area (Å²) in [5.74, 6) is 0.765. The van der Waals surface area contributed by atoms with Crippen LogP contribution in [-0.2, 0) is 4.79 Å². The topological polar surface area (TPSA) is 65.5 Å². The minimum atomic E-state index is -0.456. The van der Waals surface area contributed by atoms with Crippen LogP contribution in [0.15, 0.2) is 35.3 Å². The first kappa shape index (κ1) is 20.5. The maximum Gasteiger partial charge on any atom is 0.246 e. The van der Waals surface area contributed by atoms with E-state index < -0.39 is 6.04 Å². The van der Waals surface area contributed by atoms with Gasteiger partial charge in [-0.25, -0.2) is 0 Å². The van der Waals surface area contributed by atoms with Crippen LogP contribution >= 0.6 is 0 Å². The highest BCUT2D eigenvalue weighted by Gasteiger charge is 2.23. The van der Waals surface area contributed by atoms with Gasteiger partial charge in [0, 0.05) is 32.4 Å². The third-order valence-corrected chi connectivity index (χ3v) is 5.27. The lowest BCUT2D eigenvalue weighted by Crippen LogP contribution is -2.31. The first-order valence-electron chi connectivity index (χ1n) is 9.14. The Balaban J connectivity index is 2.41. The Kier molecular flexibility index (Phi) is 6.61. The van der Waals surface area contributed by atoms with Gasteiger partial charge in [0.2, 0.25) is 5.91 Å². The molecule has 0 aromatic heterocycles. The van der Waals surface area contributed by atoms with Gasteiger partial charge in [0.15, 0.2) is 0 Å². The molecular weight excluding hydrogens is 336 g/mol. The largest absolute Gasteiger partial charge is 0.373 e. The van der Waals surface area contributed by atoms with E-state index >= 15 is 0 Å². The standard InChI is InChI=1S/C22H30N4O/c1-13-12-19(16(4)15(3)14(13)2)20(22(27)25-7)26-18-10-8-17(9-11-18)21(23-5)24-6/h8-12,20,26H,1-7H3,(H,23,24)(H,25,27). The molecular formula is C22H30N4O. The van der Waals surface area contributed by atoms with Crippen LogP contribution in [0.4, 0.5) is 5.69 Å². The first-order chi connectivity index (χ1) is 12.8. The zero-order valence-electron chi connectivity index (χ0n) is 17.3. The molecule has 0 aliphatic heterocycles. The van der Waals surface area contributed by atoms with Crippen molar-refractivity contribution in [3.8, 4) is 0 Å². The highest BCUT2D eigenvalue weighted by Crippen LogP contribution is 2.28. The molecule has 0 radical (unpaired) electrons. The Bertz CT molecular complexity index is 854. The summed E-state index contributed by atoms with van der Waals surface area (Å²) < 4.78 is 0. The van der Waals surface area contributed by atoms with Gasteiger partial charge in [-0.2, -0.15) is 0 Å². The van der Waals surface area contributed by atoms with E-state index in [0.29, 0.717) is 0 Å². The number of benzene rings is 2. The van der Waals surface area contributed by atoms with E-state index in [1.165, 1.54) is 16.7 Å². The lowest BCUT2D eigenvalue weighted by molar-refractivity contribution is -0.121. The molecule has 5 nitrogen and oxygen atoms in total. The molecule has 5 heteroatoms. The molecule has 0 fully saturated rings. The summed E-state index contributed by atoms with van der Waals surface area (Å²) >= 11 is 0.